The van der Waals surface area contributed by atoms with Crippen LogP contribution in [0.4, 0.5) is 0 Å². The molecule has 0 aromatic carbocycles. The molecule has 1 saturated heterocycles. The number of hydrogen-bond donors (Lipinski definition) is 0. The molecule has 15 heavy (non-hydrogen) atoms. The Bertz CT molecular complexity index is 341. The van der Waals surface area contributed by atoms with Crippen LogP contribution in [0.25, 0.3) is 0 Å². The zero-order chi connectivity index (χ0) is 11.1. The van der Waals surface area contributed by atoms with Crippen molar-refractivity contribution in [3.63, 3.8) is 0 Å². The fourth-order valence-corrected chi connectivity index (χ4v) is 4.95. The van der Waals surface area contributed by atoms with E-state index in [0.717, 1.165) is 25.7 Å². The molecule has 1 spiro atoms. The number of sulfone groups is 1. The summed E-state index contributed by atoms with van der Waals surface area (Å²) >= 11 is 6.13. The van der Waals surface area contributed by atoms with Gasteiger partial charge in [0.2, 0.25) is 0 Å². The van der Waals surface area contributed by atoms with Gasteiger partial charge in [-0.3, -0.25) is 0 Å². The van der Waals surface area contributed by atoms with Gasteiger partial charge in [-0.15, -0.1) is 11.6 Å². The summed E-state index contributed by atoms with van der Waals surface area (Å²) in [7, 11) is -3.02. The Hall–Kier alpha value is 0.200. The maximum atomic E-state index is 11.7. The van der Waals surface area contributed by atoms with Crippen molar-refractivity contribution in [3.8, 4) is 0 Å². The van der Waals surface area contributed by atoms with Crippen LogP contribution in [-0.4, -0.2) is 37.5 Å². The third kappa shape index (κ3) is 2.17. The molecular formula is C10H17ClO3S. The van der Waals surface area contributed by atoms with Gasteiger partial charge >= 0.3 is 0 Å². The van der Waals surface area contributed by atoms with Crippen LogP contribution in [0.1, 0.15) is 32.1 Å². The van der Waals surface area contributed by atoms with Crippen LogP contribution in [0.3, 0.4) is 0 Å². The number of alkyl halides is 1. The van der Waals surface area contributed by atoms with Gasteiger partial charge in [-0.1, -0.05) is 0 Å². The van der Waals surface area contributed by atoms with Crippen molar-refractivity contribution in [2.75, 3.05) is 12.9 Å². The Morgan fingerprint density at radius 1 is 1.40 bits per heavy atom. The molecular weight excluding hydrogens is 236 g/mol. The molecule has 2 aliphatic rings. The molecule has 0 radical (unpaired) electrons. The van der Waals surface area contributed by atoms with Crippen molar-refractivity contribution in [2.45, 2.75) is 48.3 Å². The average Bonchev–Trinajstić information content (AvgIpc) is 2.47. The third-order valence-corrected chi connectivity index (χ3v) is 5.63. The predicted molar refractivity (Wildman–Crippen MR) is 60.0 cm³/mol. The van der Waals surface area contributed by atoms with Crippen molar-refractivity contribution >= 4 is 21.4 Å². The molecule has 3 atom stereocenters. The van der Waals surface area contributed by atoms with Gasteiger partial charge in [0.15, 0.2) is 9.84 Å². The van der Waals surface area contributed by atoms with Crippen molar-refractivity contribution in [3.05, 3.63) is 0 Å². The van der Waals surface area contributed by atoms with E-state index < -0.39 is 15.4 Å². The molecule has 0 aromatic heterocycles. The second-order valence-electron chi connectivity index (χ2n) is 4.71. The molecule has 2 rings (SSSR count). The highest BCUT2D eigenvalue weighted by Crippen LogP contribution is 2.44. The van der Waals surface area contributed by atoms with Gasteiger partial charge in [0.1, 0.15) is 0 Å². The summed E-state index contributed by atoms with van der Waals surface area (Å²) in [4.78, 5) is 0. The standard InChI is InChI=1S/C10H17ClO3S/c1-15(12,13)9-3-2-5-10(9)7-8(11)4-6-14-10/h8-9H,2-7H2,1H3. The van der Waals surface area contributed by atoms with E-state index in [1.54, 1.807) is 0 Å². The maximum absolute atomic E-state index is 11.7. The largest absolute Gasteiger partial charge is 0.374 e. The molecule has 0 N–H and O–H groups in total. The highest BCUT2D eigenvalue weighted by molar-refractivity contribution is 7.91. The first-order valence-corrected chi connectivity index (χ1v) is 7.80. The molecule has 3 unspecified atom stereocenters. The monoisotopic (exact) mass is 252 g/mol. The molecule has 1 saturated carbocycles. The van der Waals surface area contributed by atoms with Gasteiger partial charge in [-0.2, -0.15) is 0 Å². The van der Waals surface area contributed by atoms with Gasteiger partial charge in [0.05, 0.1) is 10.9 Å². The topological polar surface area (TPSA) is 43.4 Å². The van der Waals surface area contributed by atoms with E-state index in [1.165, 1.54) is 6.26 Å². The zero-order valence-electron chi connectivity index (χ0n) is 8.91. The van der Waals surface area contributed by atoms with Crippen LogP contribution >= 0.6 is 11.6 Å². The second-order valence-corrected chi connectivity index (χ2v) is 7.56. The molecule has 0 amide bonds. The van der Waals surface area contributed by atoms with Crippen LogP contribution in [0.5, 0.6) is 0 Å². The molecule has 0 bridgehead atoms. The minimum Gasteiger partial charge on any atom is -0.374 e. The number of halogens is 1. The van der Waals surface area contributed by atoms with Crippen LogP contribution in [-0.2, 0) is 14.6 Å². The minimum absolute atomic E-state index is 0.0705. The van der Waals surface area contributed by atoms with E-state index in [0.29, 0.717) is 13.0 Å². The molecule has 5 heteroatoms. The van der Waals surface area contributed by atoms with Crippen LogP contribution in [0, 0.1) is 0 Å². The van der Waals surface area contributed by atoms with Gasteiger partial charge in [-0.05, 0) is 32.1 Å². The number of ether oxygens (including phenoxy) is 1. The average molecular weight is 253 g/mol. The predicted octanol–water partition coefficient (Wildman–Crippen LogP) is 1.74. The van der Waals surface area contributed by atoms with Crippen molar-refractivity contribution in [1.82, 2.24) is 0 Å². The van der Waals surface area contributed by atoms with Crippen molar-refractivity contribution in [1.29, 1.82) is 0 Å². The molecule has 1 heterocycles. The normalized spacial score (nSPS) is 42.3. The third-order valence-electron chi connectivity index (χ3n) is 3.56. The lowest BCUT2D eigenvalue weighted by atomic mass is 9.91. The first-order chi connectivity index (χ1) is 6.94. The molecule has 2 fully saturated rings. The molecule has 0 aromatic rings. The van der Waals surface area contributed by atoms with Gasteiger partial charge in [-0.25, -0.2) is 8.42 Å². The first kappa shape index (κ1) is 11.7. The smallest absolute Gasteiger partial charge is 0.153 e. The molecule has 3 nitrogen and oxygen atoms in total. The van der Waals surface area contributed by atoms with E-state index >= 15 is 0 Å². The lowest BCUT2D eigenvalue weighted by Crippen LogP contribution is -2.49. The van der Waals surface area contributed by atoms with E-state index in [2.05, 4.69) is 0 Å². The fourth-order valence-electron chi connectivity index (χ4n) is 2.94. The van der Waals surface area contributed by atoms with Crippen molar-refractivity contribution < 1.29 is 13.2 Å². The lowest BCUT2D eigenvalue weighted by molar-refractivity contribution is -0.0686. The van der Waals surface area contributed by atoms with Crippen LogP contribution < -0.4 is 0 Å². The first-order valence-electron chi connectivity index (χ1n) is 5.41. The molecule has 1 aliphatic carbocycles. The van der Waals surface area contributed by atoms with E-state index in [1.807, 2.05) is 0 Å². The maximum Gasteiger partial charge on any atom is 0.153 e. The van der Waals surface area contributed by atoms with E-state index in [4.69, 9.17) is 16.3 Å². The van der Waals surface area contributed by atoms with Crippen molar-refractivity contribution in [2.24, 2.45) is 0 Å². The minimum atomic E-state index is -3.02. The van der Waals surface area contributed by atoms with Crippen LogP contribution in [0.15, 0.2) is 0 Å². The number of rotatable bonds is 1. The van der Waals surface area contributed by atoms with E-state index in [-0.39, 0.29) is 10.6 Å². The van der Waals surface area contributed by atoms with E-state index in [9.17, 15) is 8.42 Å². The Kier molecular flexibility index (Phi) is 3.03. The fraction of sp³-hybridized carbons (Fsp3) is 1.00. The van der Waals surface area contributed by atoms with Gasteiger partial charge in [0, 0.05) is 18.2 Å². The summed E-state index contributed by atoms with van der Waals surface area (Å²) in [5, 5.41) is -0.271. The van der Waals surface area contributed by atoms with Crippen LogP contribution in [0.2, 0.25) is 0 Å². The summed E-state index contributed by atoms with van der Waals surface area (Å²) in [6, 6.07) is 0. The second kappa shape index (κ2) is 3.90. The lowest BCUT2D eigenvalue weighted by Gasteiger charge is -2.39. The summed E-state index contributed by atoms with van der Waals surface area (Å²) < 4.78 is 29.2. The summed E-state index contributed by atoms with van der Waals surface area (Å²) in [6.07, 6.45) is 5.33. The highest BCUT2D eigenvalue weighted by Gasteiger charge is 2.51. The Morgan fingerprint density at radius 3 is 2.73 bits per heavy atom. The zero-order valence-corrected chi connectivity index (χ0v) is 10.5. The SMILES string of the molecule is CS(=O)(=O)C1CCCC12CC(Cl)CCO2. The Balaban J connectivity index is 2.26. The Labute approximate surface area is 96.1 Å². The summed E-state index contributed by atoms with van der Waals surface area (Å²) in [6.45, 7) is 0.597. The van der Waals surface area contributed by atoms with Gasteiger partial charge < -0.3 is 4.74 Å². The number of hydrogen-bond acceptors (Lipinski definition) is 3. The quantitative estimate of drug-likeness (QED) is 0.668. The summed E-state index contributed by atoms with van der Waals surface area (Å²) in [5.74, 6) is 0. The summed E-state index contributed by atoms with van der Waals surface area (Å²) in [5.41, 5.74) is -0.474. The van der Waals surface area contributed by atoms with Gasteiger partial charge in [0.25, 0.3) is 0 Å². The molecule has 1 aliphatic heterocycles. The molecule has 88 valence electrons. The highest BCUT2D eigenvalue weighted by atomic mass is 35.5. The Morgan fingerprint density at radius 2 is 2.13 bits per heavy atom.